The van der Waals surface area contributed by atoms with Gasteiger partial charge in [0.1, 0.15) is 0 Å². The number of anilines is 1. The third-order valence-corrected chi connectivity index (χ3v) is 6.07. The lowest BCUT2D eigenvalue weighted by Gasteiger charge is -2.23. The van der Waals surface area contributed by atoms with E-state index in [2.05, 4.69) is 21.3 Å². The van der Waals surface area contributed by atoms with E-state index in [1.165, 1.54) is 31.2 Å². The van der Waals surface area contributed by atoms with Gasteiger partial charge in [0.2, 0.25) is 5.91 Å². The molecule has 2 atom stereocenters. The Morgan fingerprint density at radius 2 is 1.92 bits per heavy atom. The molecule has 0 bridgehead atoms. The van der Waals surface area contributed by atoms with Crippen LogP contribution in [0.4, 0.5) is 5.69 Å². The normalized spacial score (nSPS) is 25.7. The van der Waals surface area contributed by atoms with Gasteiger partial charge in [0.05, 0.1) is 6.54 Å². The molecule has 0 aromatic heterocycles. The first-order valence-corrected chi connectivity index (χ1v) is 9.60. The molecule has 1 aromatic carbocycles. The average Bonchev–Trinajstić information content (AvgIpc) is 3.26. The molecule has 25 heavy (non-hydrogen) atoms. The number of likely N-dealkylation sites (tertiary alicyclic amines) is 1. The maximum absolute atomic E-state index is 12.7. The van der Waals surface area contributed by atoms with Crippen LogP contribution in [0.15, 0.2) is 29.3 Å². The molecule has 1 amide bonds. The summed E-state index contributed by atoms with van der Waals surface area (Å²) in [5.74, 6) is 2.64. The van der Waals surface area contributed by atoms with Gasteiger partial charge in [0, 0.05) is 32.4 Å². The zero-order chi connectivity index (χ0) is 17.2. The van der Waals surface area contributed by atoms with Crippen molar-refractivity contribution in [3.63, 3.8) is 0 Å². The minimum atomic E-state index is 0.128. The van der Waals surface area contributed by atoms with Gasteiger partial charge in [-0.2, -0.15) is 0 Å². The van der Waals surface area contributed by atoms with Crippen molar-refractivity contribution in [3.8, 4) is 0 Å². The van der Waals surface area contributed by atoms with Crippen LogP contribution in [0.25, 0.3) is 0 Å². The molecule has 5 nitrogen and oxygen atoms in total. The summed E-state index contributed by atoms with van der Waals surface area (Å²) in [6.07, 6.45) is 6.39. The van der Waals surface area contributed by atoms with E-state index in [0.29, 0.717) is 6.54 Å². The van der Waals surface area contributed by atoms with Gasteiger partial charge >= 0.3 is 0 Å². The van der Waals surface area contributed by atoms with Gasteiger partial charge < -0.3 is 15.1 Å². The number of para-hydroxylation sites is 1. The van der Waals surface area contributed by atoms with Gasteiger partial charge in [-0.25, -0.2) is 0 Å². The molecular weight excluding hydrogens is 312 g/mol. The number of hydrogen-bond acceptors (Lipinski definition) is 2. The number of fused-ring (bicyclic) bond motifs is 2. The fourth-order valence-electron chi connectivity index (χ4n) is 4.76. The number of nitrogens with zero attached hydrogens (tertiary/aromatic N) is 3. The van der Waals surface area contributed by atoms with Crippen molar-refractivity contribution in [1.82, 2.24) is 10.2 Å². The van der Waals surface area contributed by atoms with E-state index in [0.717, 1.165) is 49.5 Å². The summed E-state index contributed by atoms with van der Waals surface area (Å²) in [5.41, 5.74) is 2.33. The molecular formula is C20H28N4O. The second-order valence-corrected chi connectivity index (χ2v) is 7.53. The number of carbonyl (C=O) groups excluding carboxylic acids is 1. The number of rotatable bonds is 2. The van der Waals surface area contributed by atoms with Crippen molar-refractivity contribution in [3.05, 3.63) is 29.8 Å². The summed E-state index contributed by atoms with van der Waals surface area (Å²) in [4.78, 5) is 21.4. The maximum Gasteiger partial charge on any atom is 0.246 e. The molecule has 2 heterocycles. The highest BCUT2D eigenvalue weighted by atomic mass is 16.2. The van der Waals surface area contributed by atoms with Crippen LogP contribution >= 0.6 is 0 Å². The minimum Gasteiger partial charge on any atom is -0.347 e. The van der Waals surface area contributed by atoms with E-state index >= 15 is 0 Å². The van der Waals surface area contributed by atoms with Crippen molar-refractivity contribution in [2.45, 2.75) is 32.1 Å². The van der Waals surface area contributed by atoms with E-state index in [-0.39, 0.29) is 5.91 Å². The molecule has 134 valence electrons. The van der Waals surface area contributed by atoms with Crippen molar-refractivity contribution in [2.24, 2.45) is 16.8 Å². The van der Waals surface area contributed by atoms with Crippen LogP contribution in [0.5, 0.6) is 0 Å². The van der Waals surface area contributed by atoms with E-state index in [1.54, 1.807) is 0 Å². The average molecular weight is 340 g/mol. The highest BCUT2D eigenvalue weighted by Crippen LogP contribution is 2.36. The first-order valence-electron chi connectivity index (χ1n) is 9.60. The molecule has 4 rings (SSSR count). The summed E-state index contributed by atoms with van der Waals surface area (Å²) >= 11 is 0. The van der Waals surface area contributed by atoms with E-state index in [9.17, 15) is 4.79 Å². The molecule has 1 N–H and O–H groups in total. The number of aliphatic imine (C=N–C) groups is 1. The zero-order valence-corrected chi connectivity index (χ0v) is 15.1. The number of benzene rings is 1. The summed E-state index contributed by atoms with van der Waals surface area (Å²) in [6.45, 7) is 3.27. The number of amides is 1. The lowest BCUT2D eigenvalue weighted by atomic mass is 9.82. The van der Waals surface area contributed by atoms with Gasteiger partial charge in [-0.1, -0.05) is 31.0 Å². The van der Waals surface area contributed by atoms with Crippen LogP contribution in [0.1, 0.15) is 31.2 Å². The van der Waals surface area contributed by atoms with Crippen molar-refractivity contribution >= 4 is 17.6 Å². The summed E-state index contributed by atoms with van der Waals surface area (Å²) in [7, 11) is 1.82. The Morgan fingerprint density at radius 1 is 1.20 bits per heavy atom. The highest BCUT2D eigenvalue weighted by molar-refractivity contribution is 5.98. The van der Waals surface area contributed by atoms with Crippen LogP contribution in [0, 0.1) is 11.8 Å². The summed E-state index contributed by atoms with van der Waals surface area (Å²) in [5, 5.41) is 3.31. The predicted molar refractivity (Wildman–Crippen MR) is 101 cm³/mol. The molecule has 1 aromatic rings. The van der Waals surface area contributed by atoms with E-state index < -0.39 is 0 Å². The quantitative estimate of drug-likeness (QED) is 0.664. The SMILES string of the molecule is CN=C(NCC(=O)N1CCc2ccccc21)N1CC2CCCCC2C1. The molecule has 2 aliphatic heterocycles. The highest BCUT2D eigenvalue weighted by Gasteiger charge is 2.35. The lowest BCUT2D eigenvalue weighted by Crippen LogP contribution is -2.45. The number of hydrogen-bond donors (Lipinski definition) is 1. The van der Waals surface area contributed by atoms with Crippen LogP contribution in [0.2, 0.25) is 0 Å². The van der Waals surface area contributed by atoms with Gasteiger partial charge in [-0.15, -0.1) is 0 Å². The molecule has 2 unspecified atom stereocenters. The molecule has 5 heteroatoms. The first-order chi connectivity index (χ1) is 12.3. The second-order valence-electron chi connectivity index (χ2n) is 7.53. The Morgan fingerprint density at radius 3 is 2.64 bits per heavy atom. The fraction of sp³-hybridized carbons (Fsp3) is 0.600. The van der Waals surface area contributed by atoms with Crippen LogP contribution < -0.4 is 10.2 Å². The molecule has 3 aliphatic rings. The van der Waals surface area contributed by atoms with Crippen LogP contribution in [0.3, 0.4) is 0 Å². The Hall–Kier alpha value is -2.04. The Bertz CT molecular complexity index is 657. The van der Waals surface area contributed by atoms with Gasteiger partial charge in [-0.3, -0.25) is 9.79 Å². The Kier molecular flexibility index (Phi) is 4.64. The van der Waals surface area contributed by atoms with Crippen LogP contribution in [-0.4, -0.2) is 50.0 Å². The third-order valence-electron chi connectivity index (χ3n) is 6.07. The summed E-state index contributed by atoms with van der Waals surface area (Å²) < 4.78 is 0. The van der Waals surface area contributed by atoms with Crippen LogP contribution in [-0.2, 0) is 11.2 Å². The van der Waals surface area contributed by atoms with Crippen molar-refractivity contribution < 1.29 is 4.79 Å². The smallest absolute Gasteiger partial charge is 0.246 e. The molecule has 2 fully saturated rings. The van der Waals surface area contributed by atoms with Gasteiger partial charge in [-0.05, 0) is 42.7 Å². The Balaban J connectivity index is 1.35. The Labute approximate surface area is 150 Å². The topological polar surface area (TPSA) is 47.9 Å². The standard InChI is InChI=1S/C20H28N4O/c1-21-20(23-13-16-7-2-3-8-17(16)14-23)22-12-19(25)24-11-10-15-6-4-5-9-18(15)24/h4-6,9,16-17H,2-3,7-8,10-14H2,1H3,(H,21,22). The predicted octanol–water partition coefficient (Wildman–Crippen LogP) is 2.27. The van der Waals surface area contributed by atoms with Crippen molar-refractivity contribution in [1.29, 1.82) is 0 Å². The molecule has 1 saturated heterocycles. The first kappa shape index (κ1) is 16.4. The number of nitrogens with one attached hydrogen (secondary N) is 1. The maximum atomic E-state index is 12.7. The minimum absolute atomic E-state index is 0.128. The van der Waals surface area contributed by atoms with Crippen molar-refractivity contribution in [2.75, 3.05) is 38.1 Å². The molecule has 0 spiro atoms. The van der Waals surface area contributed by atoms with E-state index in [1.807, 2.05) is 30.1 Å². The third kappa shape index (κ3) is 3.24. The number of guanidine groups is 1. The van der Waals surface area contributed by atoms with Gasteiger partial charge in [0.15, 0.2) is 5.96 Å². The van der Waals surface area contributed by atoms with E-state index in [4.69, 9.17) is 0 Å². The largest absolute Gasteiger partial charge is 0.347 e. The fourth-order valence-corrected chi connectivity index (χ4v) is 4.76. The summed E-state index contributed by atoms with van der Waals surface area (Å²) in [6, 6.07) is 8.20. The number of carbonyl (C=O) groups is 1. The monoisotopic (exact) mass is 340 g/mol. The lowest BCUT2D eigenvalue weighted by molar-refractivity contribution is -0.117. The molecule has 1 aliphatic carbocycles. The molecule has 1 saturated carbocycles. The molecule has 0 radical (unpaired) electrons. The zero-order valence-electron chi connectivity index (χ0n) is 15.1. The van der Waals surface area contributed by atoms with Gasteiger partial charge in [0.25, 0.3) is 0 Å². The second kappa shape index (κ2) is 7.06.